The van der Waals surface area contributed by atoms with Crippen molar-refractivity contribution in [2.75, 3.05) is 54.7 Å². The Morgan fingerprint density at radius 1 is 1.33 bits per heavy atom. The third-order valence-corrected chi connectivity index (χ3v) is 5.18. The summed E-state index contributed by atoms with van der Waals surface area (Å²) in [5.41, 5.74) is 8.15. The van der Waals surface area contributed by atoms with Crippen LogP contribution < -0.4 is 26.0 Å². The first-order valence-electron chi connectivity index (χ1n) is 9.71. The van der Waals surface area contributed by atoms with Gasteiger partial charge in [-0.15, -0.1) is 0 Å². The monoisotopic (exact) mass is 412 g/mol. The number of nitrogens with two attached hydrogens (primary N) is 1. The predicted molar refractivity (Wildman–Crippen MR) is 112 cm³/mol. The lowest BCUT2D eigenvalue weighted by atomic mass is 9.91. The first-order chi connectivity index (χ1) is 14.5. The Bertz CT molecular complexity index is 990. The van der Waals surface area contributed by atoms with Crippen LogP contribution >= 0.6 is 0 Å². The van der Waals surface area contributed by atoms with Crippen LogP contribution in [0.25, 0.3) is 0 Å². The zero-order valence-electron chi connectivity index (χ0n) is 16.9. The highest BCUT2D eigenvalue weighted by molar-refractivity contribution is 6.06. The van der Waals surface area contributed by atoms with Gasteiger partial charge in [-0.1, -0.05) is 6.07 Å². The number of methoxy groups -OCH3 is 1. The van der Waals surface area contributed by atoms with E-state index in [1.165, 1.54) is 7.11 Å². The molecule has 4 N–H and O–H groups in total. The summed E-state index contributed by atoms with van der Waals surface area (Å²) in [5.74, 6) is -0.0842. The number of benzene rings is 1. The van der Waals surface area contributed by atoms with E-state index in [9.17, 15) is 9.59 Å². The van der Waals surface area contributed by atoms with Gasteiger partial charge in [0.05, 0.1) is 37.5 Å². The molecule has 3 heterocycles. The molecule has 30 heavy (non-hydrogen) atoms. The number of nitrogens with zero attached hydrogens (tertiary/aromatic N) is 3. The number of amides is 2. The second-order valence-electron chi connectivity index (χ2n) is 7.27. The minimum atomic E-state index is -0.808. The van der Waals surface area contributed by atoms with Crippen LogP contribution in [0.4, 0.5) is 23.3 Å². The molecule has 10 nitrogen and oxygen atoms in total. The molecule has 2 aliphatic rings. The summed E-state index contributed by atoms with van der Waals surface area (Å²) < 4.78 is 10.7. The number of carbonyl (C=O) groups excluding carboxylic acids is 2. The molecule has 1 fully saturated rings. The van der Waals surface area contributed by atoms with Gasteiger partial charge in [0, 0.05) is 19.5 Å². The number of carbonyl (C=O) groups is 2. The van der Waals surface area contributed by atoms with Crippen LogP contribution in [0.1, 0.15) is 23.5 Å². The summed E-state index contributed by atoms with van der Waals surface area (Å²) in [7, 11) is 1.53. The zero-order valence-corrected chi connectivity index (χ0v) is 16.9. The molecule has 2 aromatic rings. The van der Waals surface area contributed by atoms with Gasteiger partial charge in [0.15, 0.2) is 0 Å². The van der Waals surface area contributed by atoms with Gasteiger partial charge in [0.2, 0.25) is 17.8 Å². The van der Waals surface area contributed by atoms with Crippen LogP contribution in [0.15, 0.2) is 18.2 Å². The molecule has 1 aromatic carbocycles. The Morgan fingerprint density at radius 3 is 2.83 bits per heavy atom. The average Bonchev–Trinajstić information content (AvgIpc) is 2.73. The first-order valence-corrected chi connectivity index (χ1v) is 9.71. The van der Waals surface area contributed by atoms with E-state index in [1.54, 1.807) is 6.07 Å². The highest BCUT2D eigenvalue weighted by Crippen LogP contribution is 2.37. The summed E-state index contributed by atoms with van der Waals surface area (Å²) in [6.07, 6.45) is -0.0442. The minimum Gasteiger partial charge on any atom is -0.495 e. The minimum absolute atomic E-state index is 0.0442. The normalized spacial score (nSPS) is 18.4. The number of aromatic nitrogens is 2. The van der Waals surface area contributed by atoms with Crippen LogP contribution in [0, 0.1) is 6.92 Å². The van der Waals surface area contributed by atoms with E-state index in [2.05, 4.69) is 20.6 Å². The summed E-state index contributed by atoms with van der Waals surface area (Å²) in [4.78, 5) is 36.2. The van der Waals surface area contributed by atoms with Gasteiger partial charge in [0.25, 0.3) is 0 Å². The van der Waals surface area contributed by atoms with Crippen molar-refractivity contribution in [3.63, 3.8) is 0 Å². The Labute approximate surface area is 173 Å². The van der Waals surface area contributed by atoms with Gasteiger partial charge in [-0.3, -0.25) is 9.59 Å². The summed E-state index contributed by atoms with van der Waals surface area (Å²) in [6, 6.07) is 5.47. The van der Waals surface area contributed by atoms with Gasteiger partial charge in [-0.25, -0.2) is 0 Å². The number of morpholine rings is 1. The van der Waals surface area contributed by atoms with Crippen molar-refractivity contribution in [2.45, 2.75) is 19.3 Å². The number of ether oxygens (including phenoxy) is 2. The predicted octanol–water partition coefficient (Wildman–Crippen LogP) is 1.28. The fourth-order valence-corrected chi connectivity index (χ4v) is 3.65. The van der Waals surface area contributed by atoms with Crippen LogP contribution in [-0.2, 0) is 14.3 Å². The number of anilines is 4. The van der Waals surface area contributed by atoms with Crippen molar-refractivity contribution in [1.82, 2.24) is 9.97 Å². The van der Waals surface area contributed by atoms with E-state index in [-0.39, 0.29) is 29.9 Å². The Balaban J connectivity index is 1.65. The number of nitrogens with one attached hydrogen (secondary N) is 2. The van der Waals surface area contributed by atoms with Crippen LogP contribution in [-0.4, -0.2) is 55.2 Å². The van der Waals surface area contributed by atoms with Crippen molar-refractivity contribution >= 4 is 35.1 Å². The smallest absolute Gasteiger partial charge is 0.232 e. The maximum absolute atomic E-state index is 13.1. The maximum atomic E-state index is 13.1. The molecular formula is C20H24N6O4. The summed E-state index contributed by atoms with van der Waals surface area (Å²) in [6.45, 7) is 4.30. The lowest BCUT2D eigenvalue weighted by Crippen LogP contribution is -2.38. The highest BCUT2D eigenvalue weighted by Gasteiger charge is 2.35. The molecule has 2 aliphatic heterocycles. The number of aryl methyl sites for hydroxylation is 1. The molecule has 0 saturated carbocycles. The molecule has 0 spiro atoms. The third kappa shape index (κ3) is 3.86. The van der Waals surface area contributed by atoms with E-state index in [4.69, 9.17) is 15.2 Å². The number of hydrogen-bond donors (Lipinski definition) is 3. The maximum Gasteiger partial charge on any atom is 0.232 e. The van der Waals surface area contributed by atoms with E-state index in [0.29, 0.717) is 49.3 Å². The molecule has 0 unspecified atom stereocenters. The number of rotatable bonds is 4. The van der Waals surface area contributed by atoms with Crippen LogP contribution in [0.3, 0.4) is 0 Å². The van der Waals surface area contributed by atoms with Gasteiger partial charge in [-0.2, -0.15) is 9.97 Å². The van der Waals surface area contributed by atoms with Crippen LogP contribution in [0.5, 0.6) is 5.75 Å². The van der Waals surface area contributed by atoms with Gasteiger partial charge >= 0.3 is 0 Å². The highest BCUT2D eigenvalue weighted by atomic mass is 16.5. The van der Waals surface area contributed by atoms with E-state index >= 15 is 0 Å². The Hall–Kier alpha value is -3.40. The van der Waals surface area contributed by atoms with Gasteiger partial charge in [0.1, 0.15) is 17.4 Å². The van der Waals surface area contributed by atoms with E-state index in [0.717, 1.165) is 5.56 Å². The summed E-state index contributed by atoms with van der Waals surface area (Å²) in [5, 5.41) is 5.58. The molecule has 1 atom stereocenters. The average molecular weight is 412 g/mol. The zero-order chi connectivity index (χ0) is 21.3. The molecule has 1 aromatic heterocycles. The quantitative estimate of drug-likeness (QED) is 0.684. The second-order valence-corrected chi connectivity index (χ2v) is 7.27. The lowest BCUT2D eigenvalue weighted by molar-refractivity contribution is -0.123. The fourth-order valence-electron chi connectivity index (χ4n) is 3.65. The lowest BCUT2D eigenvalue weighted by Gasteiger charge is -2.30. The third-order valence-electron chi connectivity index (χ3n) is 5.18. The molecule has 2 amide bonds. The van der Waals surface area contributed by atoms with Crippen molar-refractivity contribution in [2.24, 2.45) is 0 Å². The molecule has 0 aliphatic carbocycles. The standard InChI is InChI=1S/C20H24N6O4/c1-11-3-4-14(29-2)13(9-11)22-19(28)12-10-15(27)23-18-16(12)17(21)24-20(25-18)26-5-7-30-8-6-26/h3-4,9,12H,5-8,10H2,1-2H3,(H,22,28)(H3,21,23,24,25,27)/t12-/m0/s1. The number of fused-ring (bicyclic) bond motifs is 1. The van der Waals surface area contributed by atoms with Crippen molar-refractivity contribution in [1.29, 1.82) is 0 Å². The molecule has 10 heteroatoms. The molecule has 1 saturated heterocycles. The molecular weight excluding hydrogens is 388 g/mol. The van der Waals surface area contributed by atoms with E-state index in [1.807, 2.05) is 24.0 Å². The fraction of sp³-hybridized carbons (Fsp3) is 0.400. The second kappa shape index (κ2) is 8.15. The van der Waals surface area contributed by atoms with Crippen molar-refractivity contribution in [3.8, 4) is 5.75 Å². The Kier molecular flexibility index (Phi) is 5.40. The van der Waals surface area contributed by atoms with Gasteiger partial charge < -0.3 is 30.7 Å². The largest absolute Gasteiger partial charge is 0.495 e. The number of nitrogen functional groups attached to an aromatic ring is 1. The van der Waals surface area contributed by atoms with Crippen molar-refractivity contribution < 1.29 is 19.1 Å². The molecule has 0 radical (unpaired) electrons. The summed E-state index contributed by atoms with van der Waals surface area (Å²) >= 11 is 0. The van der Waals surface area contributed by atoms with Crippen molar-refractivity contribution in [3.05, 3.63) is 29.3 Å². The van der Waals surface area contributed by atoms with Gasteiger partial charge in [-0.05, 0) is 24.6 Å². The SMILES string of the molecule is COc1ccc(C)cc1NC(=O)[C@H]1CC(=O)Nc2nc(N3CCOCC3)nc(N)c21. The Morgan fingerprint density at radius 2 is 2.10 bits per heavy atom. The first kappa shape index (κ1) is 19.9. The molecule has 4 rings (SSSR count). The number of hydrogen-bond acceptors (Lipinski definition) is 8. The molecule has 0 bridgehead atoms. The molecule has 158 valence electrons. The van der Waals surface area contributed by atoms with E-state index < -0.39 is 5.92 Å². The topological polar surface area (TPSA) is 132 Å². The van der Waals surface area contributed by atoms with Crippen LogP contribution in [0.2, 0.25) is 0 Å².